The zero-order chi connectivity index (χ0) is 22.2. The molecule has 0 saturated carbocycles. The Bertz CT molecular complexity index is 1080. The summed E-state index contributed by atoms with van der Waals surface area (Å²) in [5.74, 6) is 0.549. The molecule has 1 aliphatic rings. The number of rotatable bonds is 5. The van der Waals surface area contributed by atoms with Crippen LogP contribution in [0.25, 0.3) is 0 Å². The van der Waals surface area contributed by atoms with Crippen molar-refractivity contribution >= 4 is 17.4 Å². The van der Waals surface area contributed by atoms with Crippen LogP contribution in [0.3, 0.4) is 0 Å². The van der Waals surface area contributed by atoms with Crippen molar-refractivity contribution in [3.63, 3.8) is 0 Å². The predicted octanol–water partition coefficient (Wildman–Crippen LogP) is 4.41. The molecule has 3 heterocycles. The number of ether oxygens (including phenoxy) is 2. The summed E-state index contributed by atoms with van der Waals surface area (Å²) in [6.45, 7) is 0. The molecule has 8 nitrogen and oxygen atoms in total. The first-order valence-electron chi connectivity index (χ1n) is 9.29. The number of nitrogens with zero attached hydrogens (tertiary/aromatic N) is 2. The van der Waals surface area contributed by atoms with Crippen molar-refractivity contribution in [1.82, 2.24) is 9.78 Å². The quantitative estimate of drug-likeness (QED) is 0.616. The second-order valence-corrected chi connectivity index (χ2v) is 6.88. The number of fused-ring (bicyclic) bond motifs is 1. The van der Waals surface area contributed by atoms with E-state index in [9.17, 15) is 18.0 Å². The third-order valence-corrected chi connectivity index (χ3v) is 5.01. The highest BCUT2D eigenvalue weighted by Gasteiger charge is 2.47. The molecule has 0 fully saturated rings. The fraction of sp³-hybridized carbons (Fsp3) is 0.300. The van der Waals surface area contributed by atoms with Crippen LogP contribution in [-0.2, 0) is 0 Å². The van der Waals surface area contributed by atoms with E-state index < -0.39 is 24.2 Å². The number of halogens is 3. The minimum atomic E-state index is -4.55. The van der Waals surface area contributed by atoms with E-state index in [0.717, 1.165) is 10.9 Å². The van der Waals surface area contributed by atoms with Crippen LogP contribution in [0.1, 0.15) is 34.6 Å². The van der Waals surface area contributed by atoms with E-state index in [1.165, 1.54) is 20.5 Å². The number of alkyl halides is 3. The van der Waals surface area contributed by atoms with Gasteiger partial charge in [0.05, 0.1) is 32.7 Å². The van der Waals surface area contributed by atoms with Crippen molar-refractivity contribution in [1.29, 1.82) is 0 Å². The molecule has 31 heavy (non-hydrogen) atoms. The number of furan rings is 1. The fourth-order valence-corrected chi connectivity index (χ4v) is 3.52. The maximum absolute atomic E-state index is 13.7. The van der Waals surface area contributed by atoms with E-state index in [1.807, 2.05) is 0 Å². The predicted molar refractivity (Wildman–Crippen MR) is 105 cm³/mol. The number of aromatic nitrogens is 2. The van der Waals surface area contributed by atoms with Gasteiger partial charge in [-0.25, -0.2) is 4.68 Å². The highest BCUT2D eigenvalue weighted by Crippen LogP contribution is 2.44. The van der Waals surface area contributed by atoms with E-state index in [-0.39, 0.29) is 17.8 Å². The van der Waals surface area contributed by atoms with Gasteiger partial charge in [-0.2, -0.15) is 18.3 Å². The fourth-order valence-electron chi connectivity index (χ4n) is 3.52. The number of hydrogen-bond donors (Lipinski definition) is 2. The van der Waals surface area contributed by atoms with E-state index in [1.54, 1.807) is 30.3 Å². The van der Waals surface area contributed by atoms with Gasteiger partial charge in [-0.05, 0) is 24.3 Å². The van der Waals surface area contributed by atoms with E-state index in [2.05, 4.69) is 15.7 Å². The van der Waals surface area contributed by atoms with Crippen molar-refractivity contribution in [2.75, 3.05) is 24.9 Å². The Labute approximate surface area is 174 Å². The van der Waals surface area contributed by atoms with Gasteiger partial charge in [0.15, 0.2) is 17.5 Å². The first-order valence-corrected chi connectivity index (χ1v) is 9.29. The summed E-state index contributed by atoms with van der Waals surface area (Å²) >= 11 is 0. The minimum absolute atomic E-state index is 0.0275. The number of carbonyl (C=O) groups excluding carboxylic acids is 1. The molecule has 11 heteroatoms. The van der Waals surface area contributed by atoms with Crippen LogP contribution in [-0.4, -0.2) is 36.1 Å². The van der Waals surface area contributed by atoms with Gasteiger partial charge < -0.3 is 24.5 Å². The molecule has 0 aliphatic carbocycles. The third kappa shape index (κ3) is 3.90. The molecule has 0 bridgehead atoms. The number of benzene rings is 1. The van der Waals surface area contributed by atoms with Crippen molar-refractivity contribution in [3.05, 3.63) is 54.1 Å². The van der Waals surface area contributed by atoms with Crippen molar-refractivity contribution in [2.24, 2.45) is 0 Å². The molecule has 2 aromatic heterocycles. The molecular formula is C20H19F3N4O4. The summed E-state index contributed by atoms with van der Waals surface area (Å²) in [5.41, 5.74) is 0.355. The van der Waals surface area contributed by atoms with Crippen LogP contribution < -0.4 is 20.1 Å². The van der Waals surface area contributed by atoms with Crippen LogP contribution in [0.5, 0.6) is 11.5 Å². The number of carbonyl (C=O) groups is 1. The number of hydrogen-bond acceptors (Lipinski definition) is 6. The molecule has 0 spiro atoms. The van der Waals surface area contributed by atoms with Gasteiger partial charge >= 0.3 is 6.18 Å². The summed E-state index contributed by atoms with van der Waals surface area (Å²) in [6, 6.07) is 5.25. The lowest BCUT2D eigenvalue weighted by Crippen LogP contribution is -2.36. The van der Waals surface area contributed by atoms with Crippen LogP contribution in [0, 0.1) is 0 Å². The first kappa shape index (κ1) is 20.6. The summed E-state index contributed by atoms with van der Waals surface area (Å²) in [5, 5.41) is 9.45. The Balaban J connectivity index is 1.65. The van der Waals surface area contributed by atoms with Gasteiger partial charge in [-0.1, -0.05) is 0 Å². The Morgan fingerprint density at radius 2 is 2.03 bits per heavy atom. The molecule has 0 saturated heterocycles. The van der Waals surface area contributed by atoms with Gasteiger partial charge in [0.25, 0.3) is 5.91 Å². The van der Waals surface area contributed by atoms with Gasteiger partial charge in [0.2, 0.25) is 0 Å². The smallest absolute Gasteiger partial charge is 0.410 e. The molecule has 2 N–H and O–H groups in total. The molecule has 1 aliphatic heterocycles. The lowest BCUT2D eigenvalue weighted by atomic mass is 10.0. The lowest BCUT2D eigenvalue weighted by molar-refractivity contribution is -0.174. The SMILES string of the molecule is COc1ccc(NC(=O)c2cnn3c2N[C@@H](c2ccco2)C[C@H]3C(F)(F)F)cc1OC. The van der Waals surface area contributed by atoms with Crippen LogP contribution in [0.2, 0.25) is 0 Å². The number of anilines is 2. The number of nitrogens with one attached hydrogen (secondary N) is 2. The standard InChI is InChI=1S/C20H19F3N4O4/c1-29-15-6-5-11(8-16(15)30-2)25-19(28)12-10-24-27-17(20(21,22)23)9-13(26-18(12)27)14-4-3-7-31-14/h3-8,10,13,17,26H,9H2,1-2H3,(H,25,28)/t13-,17+/m1/s1. The highest BCUT2D eigenvalue weighted by atomic mass is 19.4. The Morgan fingerprint density at radius 3 is 2.68 bits per heavy atom. The molecular weight excluding hydrogens is 417 g/mol. The van der Waals surface area contributed by atoms with Crippen LogP contribution in [0.4, 0.5) is 24.7 Å². The summed E-state index contributed by atoms with van der Waals surface area (Å²) in [4.78, 5) is 12.9. The Hall–Kier alpha value is -3.63. The van der Waals surface area contributed by atoms with Gasteiger partial charge in [0.1, 0.15) is 17.1 Å². The second-order valence-electron chi connectivity index (χ2n) is 6.88. The highest BCUT2D eigenvalue weighted by molar-refractivity contribution is 6.07. The minimum Gasteiger partial charge on any atom is -0.493 e. The van der Waals surface area contributed by atoms with Gasteiger partial charge in [0, 0.05) is 18.2 Å². The second kappa shape index (κ2) is 7.89. The monoisotopic (exact) mass is 436 g/mol. The molecule has 3 aromatic rings. The molecule has 1 aromatic carbocycles. The number of methoxy groups -OCH3 is 2. The molecule has 4 rings (SSSR count). The lowest BCUT2D eigenvalue weighted by Gasteiger charge is -2.32. The average Bonchev–Trinajstić information content (AvgIpc) is 3.42. The third-order valence-electron chi connectivity index (χ3n) is 5.01. The van der Waals surface area contributed by atoms with Crippen molar-refractivity contribution in [2.45, 2.75) is 24.7 Å². The summed E-state index contributed by atoms with van der Waals surface area (Å²) < 4.78 is 57.5. The summed E-state index contributed by atoms with van der Waals surface area (Å²) in [7, 11) is 2.93. The van der Waals surface area contributed by atoms with E-state index in [0.29, 0.717) is 22.9 Å². The van der Waals surface area contributed by atoms with Crippen molar-refractivity contribution in [3.8, 4) is 11.5 Å². The molecule has 0 radical (unpaired) electrons. The van der Waals surface area contributed by atoms with Gasteiger partial charge in [-0.15, -0.1) is 0 Å². The Kier molecular flexibility index (Phi) is 5.25. The largest absolute Gasteiger partial charge is 0.493 e. The van der Waals surface area contributed by atoms with Gasteiger partial charge in [-0.3, -0.25) is 4.79 Å². The maximum Gasteiger partial charge on any atom is 0.410 e. The normalized spacial score (nSPS) is 18.1. The van der Waals surface area contributed by atoms with Crippen LogP contribution in [0.15, 0.2) is 47.2 Å². The topological polar surface area (TPSA) is 90.5 Å². The van der Waals surface area contributed by atoms with Crippen molar-refractivity contribution < 1.29 is 31.9 Å². The summed E-state index contributed by atoms with van der Waals surface area (Å²) in [6.07, 6.45) is -2.37. The zero-order valence-electron chi connectivity index (χ0n) is 16.6. The van der Waals surface area contributed by atoms with E-state index in [4.69, 9.17) is 13.9 Å². The molecule has 1 amide bonds. The van der Waals surface area contributed by atoms with Crippen LogP contribution >= 0.6 is 0 Å². The average molecular weight is 436 g/mol. The number of amides is 1. The molecule has 164 valence electrons. The Morgan fingerprint density at radius 1 is 1.26 bits per heavy atom. The maximum atomic E-state index is 13.7. The first-order chi connectivity index (χ1) is 14.8. The molecule has 2 atom stereocenters. The zero-order valence-corrected chi connectivity index (χ0v) is 16.6. The molecule has 0 unspecified atom stereocenters. The van der Waals surface area contributed by atoms with E-state index >= 15 is 0 Å².